The van der Waals surface area contributed by atoms with E-state index >= 15 is 0 Å². The highest BCUT2D eigenvalue weighted by Crippen LogP contribution is 2.00. The first-order valence-electron chi connectivity index (χ1n) is 7.65. The van der Waals surface area contributed by atoms with Gasteiger partial charge in [0.1, 0.15) is 0 Å². The number of benzene rings is 2. The van der Waals surface area contributed by atoms with Crippen LogP contribution in [0.15, 0.2) is 79.4 Å². The number of rotatable bonds is 4. The van der Waals surface area contributed by atoms with Crippen molar-refractivity contribution in [2.45, 2.75) is 13.3 Å². The smallest absolute Gasteiger partial charge is 0.328 e. The molecule has 0 saturated carbocycles. The number of aliphatic carboxylic acids is 1. The summed E-state index contributed by atoms with van der Waals surface area (Å²) in [7, 11) is 1.35. The summed E-state index contributed by atoms with van der Waals surface area (Å²) in [4.78, 5) is 19.7. The van der Waals surface area contributed by atoms with E-state index in [2.05, 4.69) is 23.4 Å². The van der Waals surface area contributed by atoms with Gasteiger partial charge in [0.2, 0.25) is 0 Å². The van der Waals surface area contributed by atoms with Crippen LogP contribution in [0.2, 0.25) is 0 Å². The van der Waals surface area contributed by atoms with E-state index in [1.54, 1.807) is 6.08 Å². The van der Waals surface area contributed by atoms with Crippen molar-refractivity contribution in [3.63, 3.8) is 0 Å². The number of hydrogen-bond donors (Lipinski definition) is 1. The third kappa shape index (κ3) is 14.2. The third-order valence-corrected chi connectivity index (χ3v) is 2.73. The molecule has 0 atom stereocenters. The minimum Gasteiger partial charge on any atom is -0.478 e. The Hall–Kier alpha value is -3.14. The normalized spacial score (nSPS) is 9.04. The molecule has 0 aromatic heterocycles. The SMILES string of the molecule is C=CCc1ccccc1.COC(C)=O.O=C(O)/C=C/c1ccccc1. The number of carbonyl (C=O) groups is 2. The Morgan fingerprint density at radius 1 is 1.04 bits per heavy atom. The topological polar surface area (TPSA) is 63.6 Å². The summed E-state index contributed by atoms with van der Waals surface area (Å²) in [5, 5.41) is 8.29. The fourth-order valence-corrected chi connectivity index (χ4v) is 1.51. The molecule has 0 heterocycles. The zero-order chi connectivity index (χ0) is 18.9. The quantitative estimate of drug-likeness (QED) is 0.510. The summed E-state index contributed by atoms with van der Waals surface area (Å²) in [6.07, 6.45) is 5.56. The molecule has 132 valence electrons. The molecule has 4 heteroatoms. The predicted molar refractivity (Wildman–Crippen MR) is 101 cm³/mol. The van der Waals surface area contributed by atoms with Gasteiger partial charge in [-0.2, -0.15) is 0 Å². The molecular weight excluding hydrogens is 316 g/mol. The van der Waals surface area contributed by atoms with Crippen molar-refractivity contribution in [3.8, 4) is 0 Å². The lowest BCUT2D eigenvalue weighted by atomic mass is 10.2. The van der Waals surface area contributed by atoms with E-state index in [1.807, 2.05) is 54.6 Å². The number of hydrogen-bond acceptors (Lipinski definition) is 3. The Kier molecular flexibility index (Phi) is 12.6. The van der Waals surface area contributed by atoms with Crippen molar-refractivity contribution in [3.05, 3.63) is 90.5 Å². The molecule has 4 nitrogen and oxygen atoms in total. The van der Waals surface area contributed by atoms with Gasteiger partial charge in [0.05, 0.1) is 7.11 Å². The van der Waals surface area contributed by atoms with Crippen LogP contribution in [0.3, 0.4) is 0 Å². The van der Waals surface area contributed by atoms with Crippen LogP contribution < -0.4 is 0 Å². The van der Waals surface area contributed by atoms with Crippen LogP contribution in [0.4, 0.5) is 0 Å². The standard InChI is InChI=1S/C9H8O2.C9H10.C3H6O2/c10-9(11)7-6-8-4-2-1-3-5-8;1-2-6-9-7-4-3-5-8-9;1-3(4)5-2/h1-7H,(H,10,11);2-5,7-8H,1,6H2;1-2H3/b7-6+;;. The van der Waals surface area contributed by atoms with E-state index in [4.69, 9.17) is 5.11 Å². The second-order valence-electron chi connectivity index (χ2n) is 4.76. The van der Waals surface area contributed by atoms with Gasteiger partial charge in [-0.3, -0.25) is 4.79 Å². The largest absolute Gasteiger partial charge is 0.478 e. The molecule has 0 unspecified atom stereocenters. The Morgan fingerprint density at radius 3 is 1.92 bits per heavy atom. The van der Waals surface area contributed by atoms with Crippen molar-refractivity contribution in [1.82, 2.24) is 0 Å². The van der Waals surface area contributed by atoms with Crippen molar-refractivity contribution < 1.29 is 19.4 Å². The second-order valence-corrected chi connectivity index (χ2v) is 4.76. The Labute approximate surface area is 149 Å². The zero-order valence-electron chi connectivity index (χ0n) is 14.6. The van der Waals surface area contributed by atoms with Crippen molar-refractivity contribution in [2.24, 2.45) is 0 Å². The van der Waals surface area contributed by atoms with Crippen molar-refractivity contribution >= 4 is 18.0 Å². The molecule has 0 saturated heterocycles. The lowest BCUT2D eigenvalue weighted by molar-refractivity contribution is -0.138. The first-order chi connectivity index (χ1) is 12.0. The van der Waals surface area contributed by atoms with Gasteiger partial charge in [0.25, 0.3) is 0 Å². The number of carboxylic acid groups (broad SMARTS) is 1. The summed E-state index contributed by atoms with van der Waals surface area (Å²) >= 11 is 0. The predicted octanol–water partition coefficient (Wildman–Crippen LogP) is 4.38. The van der Waals surface area contributed by atoms with Crippen LogP contribution in [0.5, 0.6) is 0 Å². The molecule has 0 aliphatic rings. The molecule has 0 aliphatic carbocycles. The number of carbonyl (C=O) groups excluding carboxylic acids is 1. The molecule has 0 aliphatic heterocycles. The fourth-order valence-electron chi connectivity index (χ4n) is 1.51. The minimum atomic E-state index is -0.922. The van der Waals surface area contributed by atoms with Gasteiger partial charge in [0, 0.05) is 13.0 Å². The van der Waals surface area contributed by atoms with Gasteiger partial charge in [-0.15, -0.1) is 6.58 Å². The number of esters is 1. The highest BCUT2D eigenvalue weighted by molar-refractivity contribution is 5.85. The van der Waals surface area contributed by atoms with Crippen molar-refractivity contribution in [2.75, 3.05) is 7.11 Å². The molecule has 0 fully saturated rings. The monoisotopic (exact) mass is 340 g/mol. The molecule has 1 N–H and O–H groups in total. The molecule has 0 spiro atoms. The van der Waals surface area contributed by atoms with Crippen LogP contribution >= 0.6 is 0 Å². The maximum atomic E-state index is 10.1. The maximum Gasteiger partial charge on any atom is 0.328 e. The van der Waals surface area contributed by atoms with Crippen LogP contribution in [-0.2, 0) is 20.7 Å². The number of ether oxygens (including phenoxy) is 1. The van der Waals surface area contributed by atoms with Gasteiger partial charge >= 0.3 is 11.9 Å². The molecule has 2 aromatic carbocycles. The summed E-state index contributed by atoms with van der Waals surface area (Å²) in [6, 6.07) is 19.6. The summed E-state index contributed by atoms with van der Waals surface area (Å²) in [6.45, 7) is 5.02. The number of methoxy groups -OCH3 is 1. The van der Waals surface area contributed by atoms with Crippen LogP contribution in [0.1, 0.15) is 18.1 Å². The van der Waals surface area contributed by atoms with Gasteiger partial charge in [-0.1, -0.05) is 66.7 Å². The van der Waals surface area contributed by atoms with Gasteiger partial charge in [-0.25, -0.2) is 4.79 Å². The lowest BCUT2D eigenvalue weighted by Crippen LogP contribution is -1.88. The Bertz CT molecular complexity index is 646. The molecule has 2 aromatic rings. The molecule has 0 bridgehead atoms. The zero-order valence-corrected chi connectivity index (χ0v) is 14.6. The Balaban J connectivity index is 0.000000372. The molecular formula is C21H24O4. The van der Waals surface area contributed by atoms with Gasteiger partial charge in [0.15, 0.2) is 0 Å². The highest BCUT2D eigenvalue weighted by atomic mass is 16.5. The van der Waals surface area contributed by atoms with Crippen LogP contribution in [-0.4, -0.2) is 24.2 Å². The van der Waals surface area contributed by atoms with Gasteiger partial charge in [-0.05, 0) is 23.6 Å². The molecule has 2 rings (SSSR count). The Morgan fingerprint density at radius 2 is 1.52 bits per heavy atom. The highest BCUT2D eigenvalue weighted by Gasteiger charge is 1.86. The number of carboxylic acids is 1. The lowest BCUT2D eigenvalue weighted by Gasteiger charge is -1.91. The number of allylic oxidation sites excluding steroid dienone is 1. The molecule has 0 amide bonds. The van der Waals surface area contributed by atoms with Crippen molar-refractivity contribution in [1.29, 1.82) is 0 Å². The average molecular weight is 340 g/mol. The van der Waals surface area contributed by atoms with Gasteiger partial charge < -0.3 is 9.84 Å². The van der Waals surface area contributed by atoms with E-state index in [1.165, 1.54) is 19.6 Å². The second kappa shape index (κ2) is 14.5. The summed E-state index contributed by atoms with van der Waals surface area (Å²) in [5.41, 5.74) is 2.22. The average Bonchev–Trinajstić information content (AvgIpc) is 2.63. The first-order valence-corrected chi connectivity index (χ1v) is 7.65. The van der Waals surface area contributed by atoms with E-state index < -0.39 is 5.97 Å². The van der Waals surface area contributed by atoms with E-state index in [9.17, 15) is 9.59 Å². The van der Waals surface area contributed by atoms with Crippen LogP contribution in [0.25, 0.3) is 6.08 Å². The summed E-state index contributed by atoms with van der Waals surface area (Å²) < 4.78 is 4.11. The third-order valence-electron chi connectivity index (χ3n) is 2.73. The van der Waals surface area contributed by atoms with E-state index in [-0.39, 0.29) is 5.97 Å². The van der Waals surface area contributed by atoms with E-state index in [0.29, 0.717) is 0 Å². The van der Waals surface area contributed by atoms with E-state index in [0.717, 1.165) is 18.1 Å². The fraction of sp³-hybridized carbons (Fsp3) is 0.143. The van der Waals surface area contributed by atoms with Crippen LogP contribution in [0, 0.1) is 0 Å². The summed E-state index contributed by atoms with van der Waals surface area (Å²) in [5.74, 6) is -1.17. The molecule has 0 radical (unpaired) electrons. The molecule has 25 heavy (non-hydrogen) atoms. The first kappa shape index (κ1) is 21.9. The maximum absolute atomic E-state index is 10.1. The minimum absolute atomic E-state index is 0.245.